The van der Waals surface area contributed by atoms with Crippen molar-refractivity contribution in [2.24, 2.45) is 0 Å². The molecule has 0 spiro atoms. The SMILES string of the molecule is COc1cc(Br)cc(F)c1C1CCN1. The zero-order chi connectivity index (χ0) is 10.1. The lowest BCUT2D eigenvalue weighted by atomic mass is 9.96. The number of hydrogen-bond donors (Lipinski definition) is 1. The highest BCUT2D eigenvalue weighted by Crippen LogP contribution is 2.35. The molecule has 0 aromatic heterocycles. The number of hydrogen-bond acceptors (Lipinski definition) is 2. The molecular weight excluding hydrogens is 249 g/mol. The van der Waals surface area contributed by atoms with E-state index in [-0.39, 0.29) is 11.9 Å². The summed E-state index contributed by atoms with van der Waals surface area (Å²) in [6, 6.07) is 3.37. The van der Waals surface area contributed by atoms with E-state index in [1.807, 2.05) is 0 Å². The third kappa shape index (κ3) is 1.64. The molecule has 1 atom stereocenters. The first-order valence-corrected chi connectivity index (χ1v) is 5.28. The molecule has 1 saturated heterocycles. The molecule has 1 aliphatic heterocycles. The van der Waals surface area contributed by atoms with E-state index in [4.69, 9.17) is 4.74 Å². The van der Waals surface area contributed by atoms with E-state index in [0.29, 0.717) is 15.8 Å². The first-order chi connectivity index (χ1) is 6.72. The Morgan fingerprint density at radius 1 is 1.57 bits per heavy atom. The minimum atomic E-state index is -0.214. The van der Waals surface area contributed by atoms with Gasteiger partial charge in [0.1, 0.15) is 11.6 Å². The van der Waals surface area contributed by atoms with Crippen LogP contribution >= 0.6 is 15.9 Å². The van der Waals surface area contributed by atoms with E-state index in [2.05, 4.69) is 21.2 Å². The molecule has 1 fully saturated rings. The number of nitrogens with one attached hydrogen (secondary N) is 1. The quantitative estimate of drug-likeness (QED) is 0.882. The van der Waals surface area contributed by atoms with Crippen molar-refractivity contribution < 1.29 is 9.13 Å². The van der Waals surface area contributed by atoms with Gasteiger partial charge in [0.15, 0.2) is 0 Å². The van der Waals surface area contributed by atoms with Gasteiger partial charge in [-0.3, -0.25) is 0 Å². The Labute approximate surface area is 90.6 Å². The van der Waals surface area contributed by atoms with Crippen LogP contribution < -0.4 is 10.1 Å². The van der Waals surface area contributed by atoms with Crippen LogP contribution in [0, 0.1) is 5.82 Å². The second-order valence-electron chi connectivity index (χ2n) is 3.30. The molecule has 0 saturated carbocycles. The maximum Gasteiger partial charge on any atom is 0.132 e. The summed E-state index contributed by atoms with van der Waals surface area (Å²) in [7, 11) is 1.56. The second-order valence-corrected chi connectivity index (χ2v) is 4.21. The zero-order valence-corrected chi connectivity index (χ0v) is 9.40. The normalized spacial score (nSPS) is 20.4. The molecule has 0 aliphatic carbocycles. The van der Waals surface area contributed by atoms with Crippen LogP contribution in [0.4, 0.5) is 4.39 Å². The Kier molecular flexibility index (Phi) is 2.74. The Balaban J connectivity index is 2.44. The van der Waals surface area contributed by atoms with Crippen LogP contribution in [-0.2, 0) is 0 Å². The highest BCUT2D eigenvalue weighted by Gasteiger charge is 2.25. The van der Waals surface area contributed by atoms with Crippen LogP contribution in [0.15, 0.2) is 16.6 Å². The molecule has 4 heteroatoms. The fraction of sp³-hybridized carbons (Fsp3) is 0.400. The van der Waals surface area contributed by atoms with Gasteiger partial charge in [0.2, 0.25) is 0 Å². The molecule has 1 aromatic carbocycles. The van der Waals surface area contributed by atoms with Gasteiger partial charge in [-0.2, -0.15) is 0 Å². The van der Waals surface area contributed by atoms with E-state index >= 15 is 0 Å². The van der Waals surface area contributed by atoms with Gasteiger partial charge >= 0.3 is 0 Å². The van der Waals surface area contributed by atoms with Gasteiger partial charge in [-0.1, -0.05) is 15.9 Å². The fourth-order valence-electron chi connectivity index (χ4n) is 1.60. The zero-order valence-electron chi connectivity index (χ0n) is 7.81. The maximum absolute atomic E-state index is 13.6. The molecule has 14 heavy (non-hydrogen) atoms. The van der Waals surface area contributed by atoms with E-state index in [1.54, 1.807) is 13.2 Å². The molecule has 0 amide bonds. The van der Waals surface area contributed by atoms with E-state index < -0.39 is 0 Å². The topological polar surface area (TPSA) is 21.3 Å². The summed E-state index contributed by atoms with van der Waals surface area (Å²) in [4.78, 5) is 0. The molecule has 76 valence electrons. The van der Waals surface area contributed by atoms with Crippen molar-refractivity contribution >= 4 is 15.9 Å². The smallest absolute Gasteiger partial charge is 0.132 e. The fourth-order valence-corrected chi connectivity index (χ4v) is 2.01. The summed E-state index contributed by atoms with van der Waals surface area (Å²) in [5.41, 5.74) is 0.641. The van der Waals surface area contributed by atoms with Gasteiger partial charge < -0.3 is 10.1 Å². The van der Waals surface area contributed by atoms with Crippen molar-refractivity contribution in [3.63, 3.8) is 0 Å². The monoisotopic (exact) mass is 259 g/mol. The van der Waals surface area contributed by atoms with Crippen molar-refractivity contribution in [1.82, 2.24) is 5.32 Å². The molecule has 1 aromatic rings. The summed E-state index contributed by atoms with van der Waals surface area (Å²) in [6.07, 6.45) is 0.967. The van der Waals surface area contributed by atoms with Gasteiger partial charge in [0, 0.05) is 16.1 Å². The van der Waals surface area contributed by atoms with Crippen LogP contribution in [0.5, 0.6) is 5.75 Å². The van der Waals surface area contributed by atoms with Gasteiger partial charge in [-0.05, 0) is 25.1 Å². The van der Waals surface area contributed by atoms with E-state index in [1.165, 1.54) is 6.07 Å². The lowest BCUT2D eigenvalue weighted by molar-refractivity contribution is 0.341. The third-order valence-electron chi connectivity index (χ3n) is 2.45. The average molecular weight is 260 g/mol. The molecular formula is C10H11BrFNO. The first-order valence-electron chi connectivity index (χ1n) is 4.48. The van der Waals surface area contributed by atoms with Crippen LogP contribution in [0.25, 0.3) is 0 Å². The number of halogens is 2. The van der Waals surface area contributed by atoms with Crippen molar-refractivity contribution in [1.29, 1.82) is 0 Å². The molecule has 1 heterocycles. The number of rotatable bonds is 2. The summed E-state index contributed by atoms with van der Waals surface area (Å²) in [5, 5.41) is 3.16. The van der Waals surface area contributed by atoms with Crippen molar-refractivity contribution in [2.75, 3.05) is 13.7 Å². The average Bonchev–Trinajstić information content (AvgIpc) is 2.05. The minimum absolute atomic E-state index is 0.109. The van der Waals surface area contributed by atoms with Gasteiger partial charge in [-0.15, -0.1) is 0 Å². The molecule has 1 N–H and O–H groups in total. The molecule has 0 bridgehead atoms. The highest BCUT2D eigenvalue weighted by molar-refractivity contribution is 9.10. The Morgan fingerprint density at radius 2 is 2.29 bits per heavy atom. The van der Waals surface area contributed by atoms with Crippen molar-refractivity contribution in [3.05, 3.63) is 28.0 Å². The largest absolute Gasteiger partial charge is 0.496 e. The van der Waals surface area contributed by atoms with Crippen LogP contribution in [0.2, 0.25) is 0 Å². The van der Waals surface area contributed by atoms with Crippen molar-refractivity contribution in [3.8, 4) is 5.75 Å². The van der Waals surface area contributed by atoms with Gasteiger partial charge in [0.25, 0.3) is 0 Å². The Bertz CT molecular complexity index is 352. The lowest BCUT2D eigenvalue weighted by Crippen LogP contribution is -2.35. The summed E-state index contributed by atoms with van der Waals surface area (Å²) >= 11 is 3.24. The first kappa shape index (κ1) is 9.93. The standard InChI is InChI=1S/C10H11BrFNO/c1-14-9-5-6(11)4-7(12)10(9)8-2-3-13-8/h4-5,8,13H,2-3H2,1H3. The lowest BCUT2D eigenvalue weighted by Gasteiger charge is -2.29. The van der Waals surface area contributed by atoms with Crippen LogP contribution in [0.1, 0.15) is 18.0 Å². The predicted molar refractivity (Wildman–Crippen MR) is 56.0 cm³/mol. The molecule has 0 radical (unpaired) electrons. The Morgan fingerprint density at radius 3 is 2.79 bits per heavy atom. The minimum Gasteiger partial charge on any atom is -0.496 e. The summed E-state index contributed by atoms with van der Waals surface area (Å²) in [6.45, 7) is 0.948. The molecule has 2 rings (SSSR count). The van der Waals surface area contributed by atoms with E-state index in [0.717, 1.165) is 13.0 Å². The van der Waals surface area contributed by atoms with E-state index in [9.17, 15) is 4.39 Å². The third-order valence-corrected chi connectivity index (χ3v) is 2.91. The molecule has 1 unspecified atom stereocenters. The van der Waals surface area contributed by atoms with Crippen LogP contribution in [0.3, 0.4) is 0 Å². The van der Waals surface area contributed by atoms with Gasteiger partial charge in [-0.25, -0.2) is 4.39 Å². The van der Waals surface area contributed by atoms with Gasteiger partial charge in [0.05, 0.1) is 7.11 Å². The predicted octanol–water partition coefficient (Wildman–Crippen LogP) is 2.63. The Hall–Kier alpha value is -0.610. The number of methoxy groups -OCH3 is 1. The summed E-state index contributed by atoms with van der Waals surface area (Å²) < 4.78 is 19.5. The maximum atomic E-state index is 13.6. The molecule has 1 aliphatic rings. The number of ether oxygens (including phenoxy) is 1. The second kappa shape index (κ2) is 3.87. The number of benzene rings is 1. The molecule has 2 nitrogen and oxygen atoms in total. The summed E-state index contributed by atoms with van der Waals surface area (Å²) in [5.74, 6) is 0.391. The van der Waals surface area contributed by atoms with Crippen molar-refractivity contribution in [2.45, 2.75) is 12.5 Å². The highest BCUT2D eigenvalue weighted by atomic mass is 79.9. The van der Waals surface area contributed by atoms with Crippen LogP contribution in [-0.4, -0.2) is 13.7 Å².